The number of nitrogens with zero attached hydrogens (tertiary/aromatic N) is 2. The zero-order valence-corrected chi connectivity index (χ0v) is 8.83. The molecule has 1 aliphatic heterocycles. The van der Waals surface area contributed by atoms with Gasteiger partial charge in [0, 0.05) is 18.9 Å². The van der Waals surface area contributed by atoms with E-state index in [-0.39, 0.29) is 6.10 Å². The molecule has 0 saturated carbocycles. The summed E-state index contributed by atoms with van der Waals surface area (Å²) in [6.45, 7) is 2.90. The summed E-state index contributed by atoms with van der Waals surface area (Å²) in [7, 11) is 0. The summed E-state index contributed by atoms with van der Waals surface area (Å²) in [5, 5.41) is 7.87. The highest BCUT2D eigenvalue weighted by Gasteiger charge is 2.30. The fourth-order valence-corrected chi connectivity index (χ4v) is 1.74. The molecule has 2 atom stereocenters. The van der Waals surface area contributed by atoms with E-state index in [0.29, 0.717) is 30.0 Å². The molecule has 1 fully saturated rings. The molecule has 2 unspecified atom stereocenters. The second-order valence-corrected chi connectivity index (χ2v) is 3.91. The molecule has 14 heavy (non-hydrogen) atoms. The van der Waals surface area contributed by atoms with Crippen LogP contribution >= 0.6 is 11.6 Å². The summed E-state index contributed by atoms with van der Waals surface area (Å²) in [6, 6.07) is 0. The summed E-state index contributed by atoms with van der Waals surface area (Å²) >= 11 is 5.57. The van der Waals surface area contributed by atoms with E-state index in [1.807, 2.05) is 0 Å². The van der Waals surface area contributed by atoms with E-state index < -0.39 is 0 Å². The van der Waals surface area contributed by atoms with Gasteiger partial charge in [0.25, 0.3) is 0 Å². The third-order valence-corrected chi connectivity index (χ3v) is 2.61. The van der Waals surface area contributed by atoms with E-state index in [1.54, 1.807) is 0 Å². The molecule has 0 bridgehead atoms. The van der Waals surface area contributed by atoms with Gasteiger partial charge in [-0.2, -0.15) is 0 Å². The van der Waals surface area contributed by atoms with Crippen LogP contribution in [0.15, 0.2) is 4.42 Å². The fourth-order valence-electron chi connectivity index (χ4n) is 1.57. The van der Waals surface area contributed by atoms with Crippen LogP contribution in [0, 0.1) is 5.92 Å². The van der Waals surface area contributed by atoms with Crippen molar-refractivity contribution in [3.63, 3.8) is 0 Å². The summed E-state index contributed by atoms with van der Waals surface area (Å²) in [4.78, 5) is 0. The predicted octanol–water partition coefficient (Wildman–Crippen LogP) is 1.95. The van der Waals surface area contributed by atoms with E-state index in [2.05, 4.69) is 17.1 Å². The second kappa shape index (κ2) is 4.28. The van der Waals surface area contributed by atoms with Crippen molar-refractivity contribution in [1.29, 1.82) is 0 Å². The van der Waals surface area contributed by atoms with Crippen molar-refractivity contribution in [2.24, 2.45) is 5.92 Å². The number of rotatable bonds is 3. The van der Waals surface area contributed by atoms with Crippen molar-refractivity contribution >= 4 is 11.6 Å². The average Bonchev–Trinajstić information content (AvgIpc) is 2.74. The lowest BCUT2D eigenvalue weighted by Crippen LogP contribution is -2.03. The molecule has 1 aromatic heterocycles. The van der Waals surface area contributed by atoms with Crippen LogP contribution in [-0.2, 0) is 11.2 Å². The quantitative estimate of drug-likeness (QED) is 0.725. The molecule has 1 saturated heterocycles. The van der Waals surface area contributed by atoms with Crippen LogP contribution in [0.25, 0.3) is 0 Å². The summed E-state index contributed by atoms with van der Waals surface area (Å²) in [5.41, 5.74) is 0. The number of aryl methyl sites for hydroxylation is 1. The van der Waals surface area contributed by atoms with Gasteiger partial charge in [0.2, 0.25) is 11.8 Å². The Kier molecular flexibility index (Phi) is 3.03. The second-order valence-electron chi connectivity index (χ2n) is 3.53. The van der Waals surface area contributed by atoms with Crippen LogP contribution in [0.5, 0.6) is 0 Å². The molecule has 0 N–H and O–H groups in total. The van der Waals surface area contributed by atoms with Gasteiger partial charge in [0.05, 0.1) is 0 Å². The number of ether oxygens (including phenoxy) is 1. The van der Waals surface area contributed by atoms with E-state index in [0.717, 1.165) is 13.0 Å². The Balaban J connectivity index is 2.08. The van der Waals surface area contributed by atoms with Crippen LogP contribution in [0.3, 0.4) is 0 Å². The minimum absolute atomic E-state index is 0.0217. The molecule has 0 amide bonds. The molecular weight excluding hydrogens is 204 g/mol. The van der Waals surface area contributed by atoms with Gasteiger partial charge in [-0.1, -0.05) is 6.92 Å². The standard InChI is InChI=1S/C9H13ClN2O2/c1-6-3-5-13-8(6)9-12-11-7(14-9)2-4-10/h6,8H,2-5H2,1H3. The van der Waals surface area contributed by atoms with Crippen molar-refractivity contribution in [2.45, 2.75) is 25.9 Å². The Hall–Kier alpha value is -0.610. The van der Waals surface area contributed by atoms with Crippen LogP contribution in [-0.4, -0.2) is 22.7 Å². The predicted molar refractivity (Wildman–Crippen MR) is 51.2 cm³/mol. The third kappa shape index (κ3) is 1.91. The van der Waals surface area contributed by atoms with Crippen molar-refractivity contribution in [3.05, 3.63) is 11.8 Å². The fraction of sp³-hybridized carbons (Fsp3) is 0.778. The third-order valence-electron chi connectivity index (χ3n) is 2.42. The minimum atomic E-state index is -0.0217. The maximum absolute atomic E-state index is 5.57. The molecule has 0 aromatic carbocycles. The molecule has 2 heterocycles. The van der Waals surface area contributed by atoms with Crippen LogP contribution in [0.2, 0.25) is 0 Å². The number of hydrogen-bond acceptors (Lipinski definition) is 4. The molecule has 0 spiro atoms. The van der Waals surface area contributed by atoms with Gasteiger partial charge in [-0.05, 0) is 12.3 Å². The number of halogens is 1. The van der Waals surface area contributed by atoms with Crippen molar-refractivity contribution < 1.29 is 9.15 Å². The SMILES string of the molecule is CC1CCOC1c1nnc(CCCl)o1. The van der Waals surface area contributed by atoms with Crippen LogP contribution in [0.1, 0.15) is 31.2 Å². The molecule has 5 heteroatoms. The molecule has 0 aliphatic carbocycles. The lowest BCUT2D eigenvalue weighted by molar-refractivity contribution is 0.0705. The van der Waals surface area contributed by atoms with Crippen LogP contribution in [0.4, 0.5) is 0 Å². The molecular formula is C9H13ClN2O2. The van der Waals surface area contributed by atoms with Crippen molar-refractivity contribution in [1.82, 2.24) is 10.2 Å². The lowest BCUT2D eigenvalue weighted by Gasteiger charge is -2.08. The van der Waals surface area contributed by atoms with Crippen LogP contribution < -0.4 is 0 Å². The molecule has 0 radical (unpaired) electrons. The van der Waals surface area contributed by atoms with Gasteiger partial charge in [0.1, 0.15) is 6.10 Å². The van der Waals surface area contributed by atoms with E-state index in [4.69, 9.17) is 20.8 Å². The van der Waals surface area contributed by atoms with Crippen molar-refractivity contribution in [2.75, 3.05) is 12.5 Å². The average molecular weight is 217 g/mol. The van der Waals surface area contributed by atoms with Gasteiger partial charge < -0.3 is 9.15 Å². The van der Waals surface area contributed by atoms with Gasteiger partial charge in [-0.15, -0.1) is 21.8 Å². The Bertz CT molecular complexity index is 303. The highest BCUT2D eigenvalue weighted by molar-refractivity contribution is 6.17. The van der Waals surface area contributed by atoms with Gasteiger partial charge in [-0.3, -0.25) is 0 Å². The van der Waals surface area contributed by atoms with E-state index >= 15 is 0 Å². The van der Waals surface area contributed by atoms with Crippen molar-refractivity contribution in [3.8, 4) is 0 Å². The number of alkyl halides is 1. The minimum Gasteiger partial charge on any atom is -0.422 e. The normalized spacial score (nSPS) is 27.0. The highest BCUT2D eigenvalue weighted by Crippen LogP contribution is 2.32. The molecule has 2 rings (SSSR count). The molecule has 1 aromatic rings. The smallest absolute Gasteiger partial charge is 0.245 e. The monoisotopic (exact) mass is 216 g/mol. The first-order valence-electron chi connectivity index (χ1n) is 4.81. The Morgan fingerprint density at radius 3 is 3.00 bits per heavy atom. The van der Waals surface area contributed by atoms with E-state index in [1.165, 1.54) is 0 Å². The van der Waals surface area contributed by atoms with Gasteiger partial charge in [0.15, 0.2) is 0 Å². The first-order chi connectivity index (χ1) is 6.81. The molecule has 78 valence electrons. The summed E-state index contributed by atoms with van der Waals surface area (Å²) < 4.78 is 11.0. The summed E-state index contributed by atoms with van der Waals surface area (Å²) in [5.74, 6) is 2.15. The molecule has 4 nitrogen and oxygen atoms in total. The number of hydrogen-bond donors (Lipinski definition) is 0. The van der Waals surface area contributed by atoms with Gasteiger partial charge >= 0.3 is 0 Å². The highest BCUT2D eigenvalue weighted by atomic mass is 35.5. The Morgan fingerprint density at radius 2 is 2.36 bits per heavy atom. The maximum Gasteiger partial charge on any atom is 0.245 e. The number of aromatic nitrogens is 2. The lowest BCUT2D eigenvalue weighted by atomic mass is 10.0. The van der Waals surface area contributed by atoms with E-state index in [9.17, 15) is 0 Å². The zero-order chi connectivity index (χ0) is 9.97. The first kappa shape index (κ1) is 9.93. The summed E-state index contributed by atoms with van der Waals surface area (Å²) in [6.07, 6.45) is 1.65. The Labute approximate surface area is 87.6 Å². The Morgan fingerprint density at radius 1 is 1.50 bits per heavy atom. The van der Waals surface area contributed by atoms with Gasteiger partial charge in [-0.25, -0.2) is 0 Å². The zero-order valence-electron chi connectivity index (χ0n) is 8.07. The largest absolute Gasteiger partial charge is 0.422 e. The molecule has 1 aliphatic rings. The first-order valence-corrected chi connectivity index (χ1v) is 5.34. The topological polar surface area (TPSA) is 48.2 Å². The maximum atomic E-state index is 5.57.